The summed E-state index contributed by atoms with van der Waals surface area (Å²) in [5, 5.41) is 7.66. The molecule has 0 amide bonds. The second kappa shape index (κ2) is 14.1. The highest BCUT2D eigenvalue weighted by molar-refractivity contribution is 6.24. The first kappa shape index (κ1) is 35.4. The smallest absolute Gasteiger partial charge is 0.0620 e. The minimum Gasteiger partial charge on any atom is -0.311 e. The molecule has 0 saturated carbocycles. The third-order valence-corrected chi connectivity index (χ3v) is 13.0. The van der Waals surface area contributed by atoms with E-state index in [0.29, 0.717) is 0 Å². The first-order valence-electron chi connectivity index (χ1n) is 21.7. The molecule has 10 aromatic carbocycles. The van der Waals surface area contributed by atoms with Gasteiger partial charge in [0.2, 0.25) is 0 Å². The van der Waals surface area contributed by atoms with Gasteiger partial charge < -0.3 is 13.9 Å². The van der Waals surface area contributed by atoms with Crippen molar-refractivity contribution in [3.05, 3.63) is 237 Å². The Labute approximate surface area is 364 Å². The van der Waals surface area contributed by atoms with E-state index in [1.54, 1.807) is 0 Å². The highest BCUT2D eigenvalue weighted by Gasteiger charge is 2.20. The van der Waals surface area contributed by atoms with Crippen LogP contribution in [0.25, 0.3) is 99.0 Å². The standard InChI is InChI=1S/C60H39N3/c1-3-13-40(14-4-1)41-23-30-47(31-24-41)61(48-32-25-42(26-33-48)44-29-36-59-53(37-44)50-17-7-10-20-56(50)62(59)46-15-5-2-6-16-46)49-34-27-43(28-35-49)45-38-54-51-18-8-11-21-57(51)63-58-22-12-9-19-52(58)55(39-45)60(54)63/h1-39H. The molecule has 0 N–H and O–H groups in total. The molecule has 0 aliphatic heterocycles. The van der Waals surface area contributed by atoms with Crippen LogP contribution in [0.2, 0.25) is 0 Å². The topological polar surface area (TPSA) is 12.6 Å². The molecular weight excluding hydrogens is 763 g/mol. The summed E-state index contributed by atoms with van der Waals surface area (Å²) in [6.07, 6.45) is 0. The van der Waals surface area contributed by atoms with Gasteiger partial charge in [-0.25, -0.2) is 0 Å². The fraction of sp³-hybridized carbons (Fsp3) is 0. The second-order valence-electron chi connectivity index (χ2n) is 16.6. The van der Waals surface area contributed by atoms with Gasteiger partial charge in [-0.2, -0.15) is 0 Å². The zero-order chi connectivity index (χ0) is 41.4. The first-order chi connectivity index (χ1) is 31.2. The Hall–Kier alpha value is -8.40. The average Bonchev–Trinajstić information content (AvgIpc) is 4.00. The van der Waals surface area contributed by atoms with Gasteiger partial charge in [-0.15, -0.1) is 0 Å². The SMILES string of the molecule is c1ccc(-c2ccc(N(c3ccc(-c4ccc5c(c4)c4ccccc4n5-c4ccccc4)cc3)c3ccc(-c4cc5c6ccccc6n6c7ccccc7c(c4)c56)cc3)cc2)cc1. The van der Waals surface area contributed by atoms with Crippen LogP contribution in [0.1, 0.15) is 0 Å². The van der Waals surface area contributed by atoms with Gasteiger partial charge in [0.05, 0.1) is 27.6 Å². The summed E-state index contributed by atoms with van der Waals surface area (Å²) in [5.41, 5.74) is 17.9. The summed E-state index contributed by atoms with van der Waals surface area (Å²) in [6.45, 7) is 0. The minimum atomic E-state index is 1.10. The highest BCUT2D eigenvalue weighted by atomic mass is 15.1. The van der Waals surface area contributed by atoms with Crippen molar-refractivity contribution >= 4 is 77.0 Å². The quantitative estimate of drug-likeness (QED) is 0.156. The molecule has 3 nitrogen and oxygen atoms in total. The Morgan fingerprint density at radius 3 is 1.19 bits per heavy atom. The monoisotopic (exact) mass is 801 g/mol. The first-order valence-corrected chi connectivity index (χ1v) is 21.7. The van der Waals surface area contributed by atoms with Crippen molar-refractivity contribution in [3.8, 4) is 39.1 Å². The molecule has 0 unspecified atom stereocenters. The highest BCUT2D eigenvalue weighted by Crippen LogP contribution is 2.43. The summed E-state index contributed by atoms with van der Waals surface area (Å²) in [6, 6.07) is 86.3. The summed E-state index contributed by atoms with van der Waals surface area (Å²) in [7, 11) is 0. The second-order valence-corrected chi connectivity index (χ2v) is 16.6. The number of aromatic nitrogens is 2. The average molecular weight is 802 g/mol. The molecule has 0 bridgehead atoms. The molecule has 0 aliphatic rings. The van der Waals surface area contributed by atoms with Crippen LogP contribution in [-0.4, -0.2) is 8.97 Å². The fourth-order valence-electron chi connectivity index (χ4n) is 10.1. The largest absolute Gasteiger partial charge is 0.311 e. The summed E-state index contributed by atoms with van der Waals surface area (Å²) < 4.78 is 4.81. The van der Waals surface area contributed by atoms with Gasteiger partial charge in [0.1, 0.15) is 0 Å². The molecule has 13 aromatic rings. The molecule has 0 spiro atoms. The predicted molar refractivity (Wildman–Crippen MR) is 266 cm³/mol. The lowest BCUT2D eigenvalue weighted by Crippen LogP contribution is -2.09. The van der Waals surface area contributed by atoms with Crippen LogP contribution in [0.15, 0.2) is 237 Å². The molecule has 13 rings (SSSR count). The van der Waals surface area contributed by atoms with Gasteiger partial charge in [-0.3, -0.25) is 0 Å². The van der Waals surface area contributed by atoms with Crippen molar-refractivity contribution in [3.63, 3.8) is 0 Å². The van der Waals surface area contributed by atoms with Crippen LogP contribution in [0.3, 0.4) is 0 Å². The third-order valence-electron chi connectivity index (χ3n) is 13.0. The van der Waals surface area contributed by atoms with Crippen LogP contribution in [0.5, 0.6) is 0 Å². The van der Waals surface area contributed by atoms with Gasteiger partial charge >= 0.3 is 0 Å². The van der Waals surface area contributed by atoms with E-state index in [1.807, 2.05) is 0 Å². The molecule has 0 saturated heterocycles. The number of nitrogens with zero attached hydrogens (tertiary/aromatic N) is 3. The van der Waals surface area contributed by atoms with Crippen molar-refractivity contribution in [2.24, 2.45) is 0 Å². The van der Waals surface area contributed by atoms with E-state index in [0.717, 1.165) is 17.1 Å². The lowest BCUT2D eigenvalue weighted by Gasteiger charge is -2.26. The zero-order valence-corrected chi connectivity index (χ0v) is 34.4. The third kappa shape index (κ3) is 5.60. The Kier molecular flexibility index (Phi) is 7.91. The van der Waals surface area contributed by atoms with Crippen LogP contribution in [-0.2, 0) is 0 Å². The van der Waals surface area contributed by atoms with E-state index < -0.39 is 0 Å². The van der Waals surface area contributed by atoms with E-state index in [1.165, 1.54) is 99.0 Å². The normalized spacial score (nSPS) is 11.8. The van der Waals surface area contributed by atoms with Crippen molar-refractivity contribution in [2.45, 2.75) is 0 Å². The molecule has 0 aliphatic carbocycles. The maximum atomic E-state index is 2.44. The van der Waals surface area contributed by atoms with E-state index in [4.69, 9.17) is 0 Å². The van der Waals surface area contributed by atoms with Crippen LogP contribution in [0.4, 0.5) is 17.1 Å². The number of fused-ring (bicyclic) bond motifs is 9. The number of hydrogen-bond donors (Lipinski definition) is 0. The Morgan fingerprint density at radius 1 is 0.254 bits per heavy atom. The number of rotatable bonds is 7. The number of para-hydroxylation sites is 4. The van der Waals surface area contributed by atoms with Gasteiger partial charge in [0.15, 0.2) is 0 Å². The lowest BCUT2D eigenvalue weighted by molar-refractivity contribution is 1.18. The molecule has 3 aromatic heterocycles. The Balaban J connectivity index is 0.902. The number of benzene rings is 10. The number of hydrogen-bond acceptors (Lipinski definition) is 1. The van der Waals surface area contributed by atoms with Crippen molar-refractivity contribution < 1.29 is 0 Å². The van der Waals surface area contributed by atoms with Crippen molar-refractivity contribution in [1.29, 1.82) is 0 Å². The van der Waals surface area contributed by atoms with Crippen LogP contribution < -0.4 is 4.90 Å². The maximum Gasteiger partial charge on any atom is 0.0620 e. The van der Waals surface area contributed by atoms with Crippen molar-refractivity contribution in [1.82, 2.24) is 8.97 Å². The molecule has 0 radical (unpaired) electrons. The van der Waals surface area contributed by atoms with Crippen molar-refractivity contribution in [2.75, 3.05) is 4.90 Å². The predicted octanol–water partition coefficient (Wildman–Crippen LogP) is 16.4. The summed E-state index contributed by atoms with van der Waals surface area (Å²) in [4.78, 5) is 2.37. The van der Waals surface area contributed by atoms with E-state index >= 15 is 0 Å². The van der Waals surface area contributed by atoms with Gasteiger partial charge in [0, 0.05) is 55.1 Å². The molecule has 0 atom stereocenters. The molecule has 0 fully saturated rings. The van der Waals surface area contributed by atoms with Gasteiger partial charge in [-0.05, 0) is 124 Å². The summed E-state index contributed by atoms with van der Waals surface area (Å²) >= 11 is 0. The number of anilines is 3. The van der Waals surface area contributed by atoms with E-state index in [2.05, 4.69) is 250 Å². The summed E-state index contributed by atoms with van der Waals surface area (Å²) in [5.74, 6) is 0. The molecule has 294 valence electrons. The van der Waals surface area contributed by atoms with Gasteiger partial charge in [-0.1, -0.05) is 146 Å². The molecule has 3 heteroatoms. The van der Waals surface area contributed by atoms with Crippen LogP contribution in [0, 0.1) is 0 Å². The minimum absolute atomic E-state index is 1.10. The van der Waals surface area contributed by atoms with E-state index in [-0.39, 0.29) is 0 Å². The van der Waals surface area contributed by atoms with Crippen LogP contribution >= 0.6 is 0 Å². The molecular formula is C60H39N3. The fourth-order valence-corrected chi connectivity index (χ4v) is 10.1. The van der Waals surface area contributed by atoms with Gasteiger partial charge in [0.25, 0.3) is 0 Å². The Morgan fingerprint density at radius 2 is 0.635 bits per heavy atom. The molecule has 63 heavy (non-hydrogen) atoms. The maximum absolute atomic E-state index is 2.44. The zero-order valence-electron chi connectivity index (χ0n) is 34.4. The lowest BCUT2D eigenvalue weighted by atomic mass is 9.98. The molecule has 3 heterocycles. The van der Waals surface area contributed by atoms with E-state index in [9.17, 15) is 0 Å². The Bertz CT molecular complexity index is 3720.